The molecular formula is C23H26Cl3N7O2. The van der Waals surface area contributed by atoms with Crippen molar-refractivity contribution in [1.29, 1.82) is 0 Å². The number of amides is 1. The van der Waals surface area contributed by atoms with Crippen molar-refractivity contribution in [3.05, 3.63) is 33.4 Å². The summed E-state index contributed by atoms with van der Waals surface area (Å²) in [5, 5.41) is 17.6. The lowest BCUT2D eigenvalue weighted by Gasteiger charge is -2.29. The van der Waals surface area contributed by atoms with E-state index in [1.165, 1.54) is 0 Å². The standard InChI is InChI=1S/C23H26Cl3N7O2/c24-12-7-16(25)19(17(26)8-12)31-23-30-18-10-28-22(29-13-3-6-15(34)9-13)32-21(18)33(23)14-4-1-11(2-5-14)20(27)35/h7-8,10-11,13-15,34H,1-6,9H2,(H2,27,35)(H,30,31)(H,28,29,32)/t11-,13-,14-,15+/m1/s1. The normalized spacial score (nSPS) is 24.6. The first-order valence-electron chi connectivity index (χ1n) is 11.7. The highest BCUT2D eigenvalue weighted by molar-refractivity contribution is 6.41. The monoisotopic (exact) mass is 537 g/mol. The fourth-order valence-electron chi connectivity index (χ4n) is 5.06. The highest BCUT2D eigenvalue weighted by Gasteiger charge is 2.30. The van der Waals surface area contributed by atoms with Crippen LogP contribution in [0.15, 0.2) is 18.3 Å². The van der Waals surface area contributed by atoms with E-state index in [0.29, 0.717) is 63.1 Å². The van der Waals surface area contributed by atoms with Crippen LogP contribution in [0.2, 0.25) is 15.1 Å². The third-order valence-corrected chi connectivity index (χ3v) is 7.69. The van der Waals surface area contributed by atoms with Gasteiger partial charge in [0.1, 0.15) is 5.52 Å². The molecule has 35 heavy (non-hydrogen) atoms. The van der Waals surface area contributed by atoms with Crippen LogP contribution in [0.25, 0.3) is 11.2 Å². The van der Waals surface area contributed by atoms with Crippen molar-refractivity contribution < 1.29 is 9.90 Å². The number of primary amides is 1. The second-order valence-electron chi connectivity index (χ2n) is 9.29. The number of aliphatic hydroxyl groups excluding tert-OH is 1. The summed E-state index contributed by atoms with van der Waals surface area (Å²) in [5.41, 5.74) is 7.31. The Morgan fingerprint density at radius 1 is 1.06 bits per heavy atom. The zero-order chi connectivity index (χ0) is 24.7. The Bertz CT molecular complexity index is 1240. The smallest absolute Gasteiger partial charge is 0.224 e. The molecule has 2 aromatic heterocycles. The van der Waals surface area contributed by atoms with Gasteiger partial charge in [-0.25, -0.2) is 9.97 Å². The molecule has 0 radical (unpaired) electrons. The van der Waals surface area contributed by atoms with Crippen LogP contribution in [0.3, 0.4) is 0 Å². The molecule has 1 aromatic carbocycles. The molecule has 0 spiro atoms. The van der Waals surface area contributed by atoms with Gasteiger partial charge < -0.3 is 21.5 Å². The first-order chi connectivity index (χ1) is 16.8. The van der Waals surface area contributed by atoms with Gasteiger partial charge in [0.15, 0.2) is 5.65 Å². The fraction of sp³-hybridized carbons (Fsp3) is 0.478. The van der Waals surface area contributed by atoms with Gasteiger partial charge in [0.05, 0.1) is 28.0 Å². The second kappa shape index (κ2) is 9.97. The number of nitrogens with zero attached hydrogens (tertiary/aromatic N) is 4. The van der Waals surface area contributed by atoms with Crippen LogP contribution in [-0.4, -0.2) is 42.7 Å². The van der Waals surface area contributed by atoms with E-state index in [4.69, 9.17) is 50.5 Å². The number of carbonyl (C=O) groups excluding carboxylic acids is 1. The van der Waals surface area contributed by atoms with Gasteiger partial charge in [0, 0.05) is 23.0 Å². The van der Waals surface area contributed by atoms with Crippen LogP contribution >= 0.6 is 34.8 Å². The van der Waals surface area contributed by atoms with Gasteiger partial charge in [-0.1, -0.05) is 34.8 Å². The molecule has 9 nitrogen and oxygen atoms in total. The number of nitrogens with two attached hydrogens (primary N) is 1. The summed E-state index contributed by atoms with van der Waals surface area (Å²) >= 11 is 18.9. The predicted molar refractivity (Wildman–Crippen MR) is 138 cm³/mol. The van der Waals surface area contributed by atoms with E-state index >= 15 is 0 Å². The Hall–Kier alpha value is -2.33. The molecule has 5 N–H and O–H groups in total. The predicted octanol–water partition coefficient (Wildman–Crippen LogP) is 5.07. The van der Waals surface area contributed by atoms with E-state index in [9.17, 15) is 9.90 Å². The molecular weight excluding hydrogens is 513 g/mol. The summed E-state index contributed by atoms with van der Waals surface area (Å²) in [6, 6.07) is 3.38. The average Bonchev–Trinajstić information content (AvgIpc) is 3.38. The molecule has 0 aliphatic heterocycles. The third-order valence-electron chi connectivity index (χ3n) is 6.88. The minimum absolute atomic E-state index is 0.0407. The lowest BCUT2D eigenvalue weighted by molar-refractivity contribution is -0.122. The summed E-state index contributed by atoms with van der Waals surface area (Å²) in [5.74, 6) is 0.622. The van der Waals surface area contributed by atoms with Gasteiger partial charge in [0.25, 0.3) is 0 Å². The number of halogens is 3. The Morgan fingerprint density at radius 2 is 1.77 bits per heavy atom. The molecule has 12 heteroatoms. The number of hydrogen-bond acceptors (Lipinski definition) is 7. The molecule has 1 amide bonds. The van der Waals surface area contributed by atoms with Gasteiger partial charge in [0.2, 0.25) is 17.8 Å². The van der Waals surface area contributed by atoms with Gasteiger partial charge in [-0.3, -0.25) is 9.36 Å². The van der Waals surface area contributed by atoms with Crippen molar-refractivity contribution in [3.8, 4) is 0 Å². The first-order valence-corrected chi connectivity index (χ1v) is 12.8. The van der Waals surface area contributed by atoms with E-state index in [1.807, 2.05) is 4.57 Å². The molecule has 2 saturated carbocycles. The van der Waals surface area contributed by atoms with Crippen LogP contribution in [-0.2, 0) is 4.79 Å². The largest absolute Gasteiger partial charge is 0.393 e. The molecule has 2 aliphatic carbocycles. The Labute approximate surface area is 217 Å². The van der Waals surface area contributed by atoms with Crippen molar-refractivity contribution in [3.63, 3.8) is 0 Å². The lowest BCUT2D eigenvalue weighted by Crippen LogP contribution is -2.29. The first kappa shape index (κ1) is 24.4. The molecule has 186 valence electrons. The number of aliphatic hydroxyl groups is 1. The van der Waals surface area contributed by atoms with Crippen molar-refractivity contribution in [2.45, 2.75) is 63.1 Å². The van der Waals surface area contributed by atoms with E-state index < -0.39 is 0 Å². The topological polar surface area (TPSA) is 131 Å². The van der Waals surface area contributed by atoms with E-state index in [-0.39, 0.29) is 30.0 Å². The molecule has 0 unspecified atom stereocenters. The highest BCUT2D eigenvalue weighted by Crippen LogP contribution is 2.40. The van der Waals surface area contributed by atoms with Gasteiger partial charge in [-0.05, 0) is 57.1 Å². The minimum Gasteiger partial charge on any atom is -0.393 e. The number of imidazole rings is 1. The number of fused-ring (bicyclic) bond motifs is 1. The lowest BCUT2D eigenvalue weighted by atomic mass is 9.85. The van der Waals surface area contributed by atoms with Gasteiger partial charge in [-0.15, -0.1) is 0 Å². The van der Waals surface area contributed by atoms with Crippen LogP contribution in [0.4, 0.5) is 17.6 Å². The van der Waals surface area contributed by atoms with Gasteiger partial charge >= 0.3 is 0 Å². The maximum Gasteiger partial charge on any atom is 0.224 e. The molecule has 5 rings (SSSR count). The molecule has 2 atom stereocenters. The number of benzene rings is 1. The number of carbonyl (C=O) groups is 1. The number of aromatic nitrogens is 4. The Kier molecular flexibility index (Phi) is 6.94. The third kappa shape index (κ3) is 5.14. The molecule has 0 saturated heterocycles. The quantitative estimate of drug-likeness (QED) is 0.344. The van der Waals surface area contributed by atoms with Crippen LogP contribution in [0, 0.1) is 5.92 Å². The molecule has 0 bridgehead atoms. The van der Waals surface area contributed by atoms with Crippen molar-refractivity contribution in [2.24, 2.45) is 11.7 Å². The summed E-state index contributed by atoms with van der Waals surface area (Å²) in [6.45, 7) is 0. The number of nitrogens with one attached hydrogen (secondary N) is 2. The maximum absolute atomic E-state index is 11.7. The van der Waals surface area contributed by atoms with Crippen LogP contribution in [0.1, 0.15) is 51.0 Å². The van der Waals surface area contributed by atoms with Crippen molar-refractivity contribution in [1.82, 2.24) is 19.5 Å². The van der Waals surface area contributed by atoms with Crippen molar-refractivity contribution in [2.75, 3.05) is 10.6 Å². The summed E-state index contributed by atoms with van der Waals surface area (Å²) in [7, 11) is 0. The highest BCUT2D eigenvalue weighted by atomic mass is 35.5. The second-order valence-corrected chi connectivity index (χ2v) is 10.5. The van der Waals surface area contributed by atoms with Crippen LogP contribution in [0.5, 0.6) is 0 Å². The van der Waals surface area contributed by atoms with E-state index in [2.05, 4.69) is 15.6 Å². The SMILES string of the molecule is NC(=O)[C@H]1CC[C@H](n2c(Nc3c(Cl)cc(Cl)cc3Cl)nc3cnc(N[C@@H]4CC[C@H](O)C4)nc32)CC1. The fourth-order valence-corrected chi connectivity index (χ4v) is 5.97. The number of hydrogen-bond donors (Lipinski definition) is 4. The summed E-state index contributed by atoms with van der Waals surface area (Å²) < 4.78 is 2.03. The molecule has 3 aromatic rings. The van der Waals surface area contributed by atoms with E-state index in [1.54, 1.807) is 18.3 Å². The van der Waals surface area contributed by atoms with E-state index in [0.717, 1.165) is 25.7 Å². The molecule has 2 heterocycles. The number of anilines is 3. The van der Waals surface area contributed by atoms with Gasteiger partial charge in [-0.2, -0.15) is 4.98 Å². The molecule has 2 aliphatic rings. The minimum atomic E-state index is -0.299. The zero-order valence-corrected chi connectivity index (χ0v) is 21.1. The Balaban J connectivity index is 1.52. The van der Waals surface area contributed by atoms with Crippen LogP contribution < -0.4 is 16.4 Å². The van der Waals surface area contributed by atoms with Crippen molar-refractivity contribution >= 4 is 69.5 Å². The maximum atomic E-state index is 11.7. The Morgan fingerprint density at radius 3 is 2.40 bits per heavy atom. The molecule has 2 fully saturated rings. The number of rotatable bonds is 6. The zero-order valence-electron chi connectivity index (χ0n) is 18.8. The average molecular weight is 539 g/mol. The summed E-state index contributed by atoms with van der Waals surface area (Å²) in [6.07, 6.45) is 6.55. The summed E-state index contributed by atoms with van der Waals surface area (Å²) in [4.78, 5) is 25.7.